The number of aromatic nitrogens is 1. The fourth-order valence-corrected chi connectivity index (χ4v) is 1.48. The zero-order valence-electron chi connectivity index (χ0n) is 8.14. The smallest absolute Gasteiger partial charge is 0.311 e. The van der Waals surface area contributed by atoms with E-state index in [0.717, 1.165) is 13.3 Å². The predicted octanol–water partition coefficient (Wildman–Crippen LogP) is 3.04. The number of hydrogen-bond acceptors (Lipinski definition) is 3. The van der Waals surface area contributed by atoms with Gasteiger partial charge < -0.3 is 4.74 Å². The minimum Gasteiger partial charge on any atom is -0.469 e. The zero-order valence-corrected chi connectivity index (χ0v) is 9.65. The molecular formula is C9H7Cl2F2NO2. The van der Waals surface area contributed by atoms with Gasteiger partial charge in [0.2, 0.25) is 0 Å². The van der Waals surface area contributed by atoms with Crippen LogP contribution >= 0.6 is 23.2 Å². The molecule has 0 fully saturated rings. The summed E-state index contributed by atoms with van der Waals surface area (Å²) in [5, 5.41) is -0.365. The summed E-state index contributed by atoms with van der Waals surface area (Å²) in [5.41, 5.74) is -0.657. The van der Waals surface area contributed by atoms with E-state index in [1.54, 1.807) is 0 Å². The van der Waals surface area contributed by atoms with E-state index in [2.05, 4.69) is 9.72 Å². The lowest BCUT2D eigenvalue weighted by Gasteiger charge is -2.09. The number of alkyl halides is 2. The maximum absolute atomic E-state index is 12.7. The number of carbonyl (C=O) groups is 1. The van der Waals surface area contributed by atoms with Crippen LogP contribution in [0, 0.1) is 0 Å². The summed E-state index contributed by atoms with van der Waals surface area (Å²) in [6.45, 7) is 0. The van der Waals surface area contributed by atoms with Crippen molar-refractivity contribution in [3.63, 3.8) is 0 Å². The fraction of sp³-hybridized carbons (Fsp3) is 0.333. The van der Waals surface area contributed by atoms with Gasteiger partial charge in [-0.2, -0.15) is 0 Å². The molecule has 0 radical (unpaired) electrons. The van der Waals surface area contributed by atoms with E-state index >= 15 is 0 Å². The minimum absolute atomic E-state index is 0.0782. The van der Waals surface area contributed by atoms with Crippen molar-refractivity contribution in [3.8, 4) is 0 Å². The van der Waals surface area contributed by atoms with Gasteiger partial charge in [0.1, 0.15) is 0 Å². The molecule has 0 aliphatic heterocycles. The Hall–Kier alpha value is -0.940. The van der Waals surface area contributed by atoms with Crippen LogP contribution in [0.15, 0.2) is 6.20 Å². The number of esters is 1. The molecular weight excluding hydrogens is 263 g/mol. The average molecular weight is 270 g/mol. The number of halogens is 4. The molecule has 3 nitrogen and oxygen atoms in total. The fourth-order valence-electron chi connectivity index (χ4n) is 1.09. The summed E-state index contributed by atoms with van der Waals surface area (Å²) in [6.07, 6.45) is -2.10. The molecule has 0 aliphatic carbocycles. The Bertz CT molecular complexity index is 413. The second kappa shape index (κ2) is 5.41. The number of carbonyl (C=O) groups excluding carboxylic acids is 1. The predicted molar refractivity (Wildman–Crippen MR) is 54.9 cm³/mol. The van der Waals surface area contributed by atoms with Gasteiger partial charge in [-0.3, -0.25) is 9.78 Å². The topological polar surface area (TPSA) is 39.2 Å². The van der Waals surface area contributed by atoms with Crippen molar-refractivity contribution in [2.24, 2.45) is 0 Å². The van der Waals surface area contributed by atoms with Crippen molar-refractivity contribution in [1.82, 2.24) is 4.98 Å². The summed E-state index contributed by atoms with van der Waals surface area (Å²) in [5.74, 6) is -0.673. The molecule has 0 spiro atoms. The standard InChI is InChI=1S/C9H7Cl2F2NO2/c1-16-6(15)2-5-7(9(12)13)8(11)4(10)3-14-5/h3,9H,2H2,1H3. The first-order valence-electron chi connectivity index (χ1n) is 4.15. The highest BCUT2D eigenvalue weighted by Crippen LogP contribution is 2.34. The van der Waals surface area contributed by atoms with Crippen LogP contribution in [-0.2, 0) is 16.0 Å². The molecule has 1 rings (SSSR count). The number of hydrogen-bond donors (Lipinski definition) is 0. The molecule has 0 aliphatic rings. The number of ether oxygens (including phenoxy) is 1. The van der Waals surface area contributed by atoms with Crippen LogP contribution in [0.4, 0.5) is 8.78 Å². The average Bonchev–Trinajstić information content (AvgIpc) is 2.23. The molecule has 0 saturated heterocycles. The first-order chi connectivity index (χ1) is 7.47. The second-order valence-corrected chi connectivity index (χ2v) is 3.62. The second-order valence-electron chi connectivity index (χ2n) is 2.83. The quantitative estimate of drug-likeness (QED) is 0.792. The molecule has 88 valence electrons. The third-order valence-corrected chi connectivity index (χ3v) is 2.64. The number of nitrogens with zero attached hydrogens (tertiary/aromatic N) is 1. The molecule has 1 heterocycles. The maximum atomic E-state index is 12.7. The highest BCUT2D eigenvalue weighted by molar-refractivity contribution is 6.42. The van der Waals surface area contributed by atoms with Crippen molar-refractivity contribution in [2.45, 2.75) is 12.8 Å². The molecule has 7 heteroatoms. The molecule has 0 saturated carbocycles. The summed E-state index contributed by atoms with van der Waals surface area (Å²) in [6, 6.07) is 0. The molecule has 0 bridgehead atoms. The van der Waals surface area contributed by atoms with E-state index in [1.165, 1.54) is 0 Å². The van der Waals surface area contributed by atoms with E-state index in [0.29, 0.717) is 0 Å². The van der Waals surface area contributed by atoms with Crippen LogP contribution in [0.2, 0.25) is 10.0 Å². The van der Waals surface area contributed by atoms with Gasteiger partial charge in [0.15, 0.2) is 0 Å². The molecule has 1 aromatic rings. The molecule has 0 unspecified atom stereocenters. The highest BCUT2D eigenvalue weighted by Gasteiger charge is 2.22. The Kier molecular flexibility index (Phi) is 4.44. The van der Waals surface area contributed by atoms with E-state index in [4.69, 9.17) is 23.2 Å². The van der Waals surface area contributed by atoms with Crippen LogP contribution in [-0.4, -0.2) is 18.1 Å². The monoisotopic (exact) mass is 269 g/mol. The van der Waals surface area contributed by atoms with Crippen LogP contribution in [0.5, 0.6) is 0 Å². The largest absolute Gasteiger partial charge is 0.469 e. The van der Waals surface area contributed by atoms with Crippen molar-refractivity contribution in [3.05, 3.63) is 27.5 Å². The third kappa shape index (κ3) is 2.80. The molecule has 0 amide bonds. The van der Waals surface area contributed by atoms with Crippen LogP contribution < -0.4 is 0 Å². The lowest BCUT2D eigenvalue weighted by Crippen LogP contribution is -2.09. The maximum Gasteiger partial charge on any atom is 0.311 e. The van der Waals surface area contributed by atoms with Gasteiger partial charge in [-0.15, -0.1) is 0 Å². The van der Waals surface area contributed by atoms with E-state index in [9.17, 15) is 13.6 Å². The zero-order chi connectivity index (χ0) is 12.3. The Labute approximate surface area is 100 Å². The molecule has 0 aromatic carbocycles. The normalized spacial score (nSPS) is 10.6. The van der Waals surface area contributed by atoms with E-state index in [-0.39, 0.29) is 22.2 Å². The highest BCUT2D eigenvalue weighted by atomic mass is 35.5. The third-order valence-electron chi connectivity index (χ3n) is 1.85. The summed E-state index contributed by atoms with van der Waals surface area (Å²) < 4.78 is 29.7. The number of pyridine rings is 1. The van der Waals surface area contributed by atoms with E-state index in [1.807, 2.05) is 0 Å². The van der Waals surface area contributed by atoms with Crippen molar-refractivity contribution in [1.29, 1.82) is 0 Å². The molecule has 16 heavy (non-hydrogen) atoms. The van der Waals surface area contributed by atoms with Gasteiger partial charge in [0.25, 0.3) is 6.43 Å². The molecule has 0 atom stereocenters. The number of methoxy groups -OCH3 is 1. The Balaban J connectivity index is 3.18. The first kappa shape index (κ1) is 13.1. The van der Waals surface area contributed by atoms with E-state index < -0.39 is 18.0 Å². The van der Waals surface area contributed by atoms with Gasteiger partial charge in [-0.25, -0.2) is 8.78 Å². The van der Waals surface area contributed by atoms with Gasteiger partial charge >= 0.3 is 5.97 Å². The molecule has 1 aromatic heterocycles. The Morgan fingerprint density at radius 3 is 2.69 bits per heavy atom. The van der Waals surface area contributed by atoms with Gasteiger partial charge in [-0.1, -0.05) is 23.2 Å². The van der Waals surface area contributed by atoms with Gasteiger partial charge in [0.05, 0.1) is 34.8 Å². The Morgan fingerprint density at radius 2 is 2.19 bits per heavy atom. The number of rotatable bonds is 3. The van der Waals surface area contributed by atoms with Crippen molar-refractivity contribution < 1.29 is 18.3 Å². The van der Waals surface area contributed by atoms with Crippen molar-refractivity contribution >= 4 is 29.2 Å². The lowest BCUT2D eigenvalue weighted by molar-refractivity contribution is -0.139. The van der Waals surface area contributed by atoms with Crippen LogP contribution in [0.25, 0.3) is 0 Å². The van der Waals surface area contributed by atoms with Crippen LogP contribution in [0.3, 0.4) is 0 Å². The first-order valence-corrected chi connectivity index (χ1v) is 4.90. The molecule has 0 N–H and O–H groups in total. The summed E-state index contributed by atoms with van der Waals surface area (Å²) in [7, 11) is 1.15. The summed E-state index contributed by atoms with van der Waals surface area (Å²) in [4.78, 5) is 14.6. The summed E-state index contributed by atoms with van der Waals surface area (Å²) >= 11 is 11.2. The van der Waals surface area contributed by atoms with Gasteiger partial charge in [-0.05, 0) is 0 Å². The Morgan fingerprint density at radius 1 is 1.56 bits per heavy atom. The SMILES string of the molecule is COC(=O)Cc1ncc(Cl)c(Cl)c1C(F)F. The van der Waals surface area contributed by atoms with Gasteiger partial charge in [0, 0.05) is 6.20 Å². The van der Waals surface area contributed by atoms with Crippen molar-refractivity contribution in [2.75, 3.05) is 7.11 Å². The van der Waals surface area contributed by atoms with Crippen LogP contribution in [0.1, 0.15) is 17.7 Å². The minimum atomic E-state index is -2.85. The lowest BCUT2D eigenvalue weighted by atomic mass is 10.1.